The number of hydrogen-bond donors (Lipinski definition) is 1. The summed E-state index contributed by atoms with van der Waals surface area (Å²) in [5, 5.41) is 8.68. The fourth-order valence-corrected chi connectivity index (χ4v) is 0.932. The molecule has 4 nitrogen and oxygen atoms in total. The first-order chi connectivity index (χ1) is 5.43. The van der Waals surface area contributed by atoms with Crippen molar-refractivity contribution in [2.75, 3.05) is 0 Å². The predicted molar refractivity (Wildman–Crippen MR) is 42.2 cm³/mol. The van der Waals surface area contributed by atoms with Crippen LogP contribution in [0.25, 0.3) is 0 Å². The largest absolute Gasteiger partial charge is 0.475 e. The first-order valence-electron chi connectivity index (χ1n) is 3.60. The second-order valence-corrected chi connectivity index (χ2v) is 3.59. The number of carbonyl (C=O) groups is 1. The van der Waals surface area contributed by atoms with Gasteiger partial charge in [0, 0.05) is 5.41 Å². The Balaban J connectivity index is 3.17. The van der Waals surface area contributed by atoms with Gasteiger partial charge in [-0.1, -0.05) is 20.8 Å². The first kappa shape index (κ1) is 8.77. The summed E-state index contributed by atoms with van der Waals surface area (Å²) in [6.07, 6.45) is 1.16. The molecule has 66 valence electrons. The molecule has 0 aliphatic heterocycles. The van der Waals surface area contributed by atoms with Crippen molar-refractivity contribution in [1.29, 1.82) is 0 Å². The molecule has 0 radical (unpaired) electrons. The van der Waals surface area contributed by atoms with Crippen LogP contribution in [0.4, 0.5) is 0 Å². The minimum atomic E-state index is -1.07. The van der Waals surface area contributed by atoms with Gasteiger partial charge in [-0.25, -0.2) is 9.78 Å². The summed E-state index contributed by atoms with van der Waals surface area (Å²) in [5.41, 5.74) is 0.191. The zero-order valence-corrected chi connectivity index (χ0v) is 7.29. The molecule has 0 atom stereocenters. The van der Waals surface area contributed by atoms with E-state index in [9.17, 15) is 4.79 Å². The molecule has 0 aliphatic rings. The molecule has 0 aliphatic carbocycles. The predicted octanol–water partition coefficient (Wildman–Crippen LogP) is 1.67. The summed E-state index contributed by atoms with van der Waals surface area (Å²) in [5.74, 6) is -1.14. The third-order valence-corrected chi connectivity index (χ3v) is 1.47. The topological polar surface area (TPSA) is 63.3 Å². The van der Waals surface area contributed by atoms with Crippen LogP contribution in [-0.2, 0) is 5.41 Å². The van der Waals surface area contributed by atoms with Gasteiger partial charge in [0.15, 0.2) is 6.39 Å². The lowest BCUT2D eigenvalue weighted by Crippen LogP contribution is -2.16. The molecule has 1 N–H and O–H groups in total. The Bertz CT molecular complexity index is 295. The Morgan fingerprint density at radius 3 is 2.50 bits per heavy atom. The Kier molecular flexibility index (Phi) is 1.92. The van der Waals surface area contributed by atoms with E-state index in [0.29, 0.717) is 5.69 Å². The van der Waals surface area contributed by atoms with Crippen LogP contribution in [0.1, 0.15) is 37.0 Å². The molecule has 0 spiro atoms. The summed E-state index contributed by atoms with van der Waals surface area (Å²) in [6.45, 7) is 5.66. The number of carboxylic acids is 1. The van der Waals surface area contributed by atoms with Crippen molar-refractivity contribution >= 4 is 5.97 Å². The minimum Gasteiger partial charge on any atom is -0.475 e. The Labute approximate surface area is 70.2 Å². The summed E-state index contributed by atoms with van der Waals surface area (Å²) < 4.78 is 4.74. The number of aromatic nitrogens is 1. The molecule has 0 amide bonds. The van der Waals surface area contributed by atoms with Gasteiger partial charge in [-0.05, 0) is 0 Å². The molecule has 1 rings (SSSR count). The fourth-order valence-electron chi connectivity index (χ4n) is 0.932. The molecular formula is C8H11NO3. The smallest absolute Gasteiger partial charge is 0.373 e. The van der Waals surface area contributed by atoms with Crippen LogP contribution in [0.15, 0.2) is 10.8 Å². The molecule has 0 aromatic carbocycles. The van der Waals surface area contributed by atoms with Crippen LogP contribution < -0.4 is 0 Å². The van der Waals surface area contributed by atoms with Crippen LogP contribution in [-0.4, -0.2) is 16.1 Å². The average molecular weight is 169 g/mol. The zero-order chi connectivity index (χ0) is 9.35. The van der Waals surface area contributed by atoms with E-state index in [1.807, 2.05) is 20.8 Å². The molecule has 4 heteroatoms. The quantitative estimate of drug-likeness (QED) is 0.694. The van der Waals surface area contributed by atoms with Crippen molar-refractivity contribution in [2.24, 2.45) is 0 Å². The summed E-state index contributed by atoms with van der Waals surface area (Å²) >= 11 is 0. The molecule has 0 unspecified atom stereocenters. The van der Waals surface area contributed by atoms with Gasteiger partial charge in [-0.2, -0.15) is 0 Å². The number of carboxylic acid groups (broad SMARTS) is 1. The van der Waals surface area contributed by atoms with Crippen LogP contribution >= 0.6 is 0 Å². The van der Waals surface area contributed by atoms with Gasteiger partial charge >= 0.3 is 5.97 Å². The minimum absolute atomic E-state index is 0.0671. The highest BCUT2D eigenvalue weighted by Gasteiger charge is 2.26. The van der Waals surface area contributed by atoms with Crippen molar-refractivity contribution in [3.63, 3.8) is 0 Å². The lowest BCUT2D eigenvalue weighted by atomic mass is 9.91. The van der Waals surface area contributed by atoms with Crippen molar-refractivity contribution in [1.82, 2.24) is 4.98 Å². The van der Waals surface area contributed by atoms with E-state index in [4.69, 9.17) is 9.52 Å². The van der Waals surface area contributed by atoms with E-state index >= 15 is 0 Å². The van der Waals surface area contributed by atoms with Gasteiger partial charge in [-0.3, -0.25) is 0 Å². The highest BCUT2D eigenvalue weighted by atomic mass is 16.4. The summed E-state index contributed by atoms with van der Waals surface area (Å²) in [6, 6.07) is 0. The van der Waals surface area contributed by atoms with Crippen molar-refractivity contribution in [3.05, 3.63) is 17.8 Å². The van der Waals surface area contributed by atoms with Gasteiger partial charge in [-0.15, -0.1) is 0 Å². The van der Waals surface area contributed by atoms with Crippen LogP contribution in [0.5, 0.6) is 0 Å². The van der Waals surface area contributed by atoms with Crippen LogP contribution in [0.3, 0.4) is 0 Å². The lowest BCUT2D eigenvalue weighted by molar-refractivity contribution is 0.0658. The van der Waals surface area contributed by atoms with E-state index in [2.05, 4.69) is 4.98 Å². The number of nitrogens with zero attached hydrogens (tertiary/aromatic N) is 1. The molecule has 0 saturated carbocycles. The van der Waals surface area contributed by atoms with Gasteiger partial charge < -0.3 is 9.52 Å². The second kappa shape index (κ2) is 2.62. The fraction of sp³-hybridized carbons (Fsp3) is 0.500. The van der Waals surface area contributed by atoms with Crippen molar-refractivity contribution in [2.45, 2.75) is 26.2 Å². The average Bonchev–Trinajstić information content (AvgIpc) is 2.30. The van der Waals surface area contributed by atoms with E-state index in [1.54, 1.807) is 0 Å². The number of aromatic carboxylic acids is 1. The van der Waals surface area contributed by atoms with Gasteiger partial charge in [0.2, 0.25) is 5.76 Å². The van der Waals surface area contributed by atoms with E-state index < -0.39 is 5.97 Å². The highest BCUT2D eigenvalue weighted by molar-refractivity contribution is 5.85. The molecule has 1 heterocycles. The maximum Gasteiger partial charge on any atom is 0.373 e. The molecule has 0 fully saturated rings. The van der Waals surface area contributed by atoms with Gasteiger partial charge in [0.05, 0.1) is 5.69 Å². The third kappa shape index (κ3) is 1.47. The maximum atomic E-state index is 10.6. The van der Waals surface area contributed by atoms with Gasteiger partial charge in [0.1, 0.15) is 0 Å². The summed E-state index contributed by atoms with van der Waals surface area (Å²) in [7, 11) is 0. The molecule has 0 saturated heterocycles. The Hall–Kier alpha value is -1.32. The molecule has 12 heavy (non-hydrogen) atoms. The maximum absolute atomic E-state index is 10.6. The van der Waals surface area contributed by atoms with E-state index in [-0.39, 0.29) is 11.2 Å². The van der Waals surface area contributed by atoms with E-state index in [1.165, 1.54) is 0 Å². The summed E-state index contributed by atoms with van der Waals surface area (Å²) in [4.78, 5) is 14.5. The van der Waals surface area contributed by atoms with Crippen molar-refractivity contribution < 1.29 is 14.3 Å². The molecule has 0 bridgehead atoms. The first-order valence-corrected chi connectivity index (χ1v) is 3.60. The zero-order valence-electron chi connectivity index (χ0n) is 7.29. The number of rotatable bonds is 1. The van der Waals surface area contributed by atoms with Crippen molar-refractivity contribution in [3.8, 4) is 0 Å². The standard InChI is InChI=1S/C8H11NO3/c1-8(2,3)6-5(7(10)11)12-4-9-6/h4H,1-3H3,(H,10,11). The van der Waals surface area contributed by atoms with Crippen LogP contribution in [0.2, 0.25) is 0 Å². The second-order valence-electron chi connectivity index (χ2n) is 3.59. The van der Waals surface area contributed by atoms with Gasteiger partial charge in [0.25, 0.3) is 0 Å². The Morgan fingerprint density at radius 1 is 1.58 bits per heavy atom. The SMILES string of the molecule is CC(C)(C)c1ncoc1C(=O)O. The molecular weight excluding hydrogens is 158 g/mol. The normalized spacial score (nSPS) is 11.6. The van der Waals surface area contributed by atoms with E-state index in [0.717, 1.165) is 6.39 Å². The highest BCUT2D eigenvalue weighted by Crippen LogP contribution is 2.23. The molecule has 1 aromatic heterocycles. The molecule has 1 aromatic rings. The third-order valence-electron chi connectivity index (χ3n) is 1.47. The Morgan fingerprint density at radius 2 is 2.17 bits per heavy atom. The monoisotopic (exact) mass is 169 g/mol. The lowest BCUT2D eigenvalue weighted by Gasteiger charge is -2.14. The number of hydrogen-bond acceptors (Lipinski definition) is 3. The van der Waals surface area contributed by atoms with Crippen LogP contribution in [0, 0.1) is 0 Å². The number of oxazole rings is 1.